The van der Waals surface area contributed by atoms with Crippen LogP contribution in [0, 0.1) is 5.82 Å². The van der Waals surface area contributed by atoms with Crippen molar-refractivity contribution in [2.24, 2.45) is 0 Å². The summed E-state index contributed by atoms with van der Waals surface area (Å²) in [6, 6.07) is 1.90. The van der Waals surface area contributed by atoms with Crippen LogP contribution in [0.25, 0.3) is 0 Å². The van der Waals surface area contributed by atoms with Crippen molar-refractivity contribution in [1.29, 1.82) is 0 Å². The summed E-state index contributed by atoms with van der Waals surface area (Å²) < 4.78 is 43.6. The van der Waals surface area contributed by atoms with Crippen LogP contribution in [0.4, 0.5) is 23.7 Å². The largest absolute Gasteiger partial charge is 0.360 e. The fourth-order valence-electron chi connectivity index (χ4n) is 2.68. The van der Waals surface area contributed by atoms with Crippen LogP contribution in [-0.4, -0.2) is 41.0 Å². The van der Waals surface area contributed by atoms with Gasteiger partial charge in [-0.05, 0) is 25.1 Å². The summed E-state index contributed by atoms with van der Waals surface area (Å²) in [7, 11) is 0. The van der Waals surface area contributed by atoms with E-state index in [4.69, 9.17) is 16.1 Å². The highest BCUT2D eigenvalue weighted by Crippen LogP contribution is 2.24. The van der Waals surface area contributed by atoms with Gasteiger partial charge in [0, 0.05) is 24.2 Å². The molecule has 0 saturated carbocycles. The zero-order chi connectivity index (χ0) is 20.4. The first-order valence-corrected chi connectivity index (χ1v) is 8.71. The molecule has 1 aromatic carbocycles. The van der Waals surface area contributed by atoms with Crippen molar-refractivity contribution < 1.29 is 27.3 Å². The molecule has 1 aromatic heterocycles. The molecule has 1 atom stereocenters. The molecule has 150 valence electrons. The number of carbonyl (C=O) groups excluding carboxylic acids is 2. The van der Waals surface area contributed by atoms with Gasteiger partial charge in [0.05, 0.1) is 17.6 Å². The number of anilines is 1. The number of fused-ring (bicyclic) bond motifs is 1. The van der Waals surface area contributed by atoms with E-state index in [-0.39, 0.29) is 23.8 Å². The fraction of sp³-hybridized carbons (Fsp3) is 0.353. The Morgan fingerprint density at radius 1 is 1.36 bits per heavy atom. The number of aromatic nitrogens is 1. The van der Waals surface area contributed by atoms with E-state index in [9.17, 15) is 22.8 Å². The normalized spacial score (nSPS) is 14.6. The summed E-state index contributed by atoms with van der Waals surface area (Å²) in [5.41, 5.74) is 0.526. The third-order valence-electron chi connectivity index (χ3n) is 4.24. The van der Waals surface area contributed by atoms with Gasteiger partial charge < -0.3 is 20.1 Å². The summed E-state index contributed by atoms with van der Waals surface area (Å²) in [5.74, 6) is -0.991. The molecular weight excluding hydrogens is 401 g/mol. The number of alkyl halides is 2. The van der Waals surface area contributed by atoms with Gasteiger partial charge in [0.1, 0.15) is 11.6 Å². The number of carbonyl (C=O) groups is 2. The predicted octanol–water partition coefficient (Wildman–Crippen LogP) is 3.44. The van der Waals surface area contributed by atoms with Gasteiger partial charge in [0.15, 0.2) is 5.69 Å². The Bertz CT molecular complexity index is 906. The number of hydrogen-bond donors (Lipinski definition) is 2. The monoisotopic (exact) mass is 416 g/mol. The lowest BCUT2D eigenvalue weighted by Gasteiger charge is -2.26. The maximum absolute atomic E-state index is 13.2. The van der Waals surface area contributed by atoms with Gasteiger partial charge in [-0.3, -0.25) is 4.79 Å². The quantitative estimate of drug-likeness (QED) is 0.799. The van der Waals surface area contributed by atoms with Crippen LogP contribution < -0.4 is 10.6 Å². The number of nitrogens with zero attached hydrogens (tertiary/aromatic N) is 2. The number of halogens is 4. The molecule has 1 aliphatic heterocycles. The second kappa shape index (κ2) is 8.09. The molecule has 28 heavy (non-hydrogen) atoms. The maximum atomic E-state index is 13.2. The van der Waals surface area contributed by atoms with Crippen LogP contribution in [-0.2, 0) is 13.0 Å². The molecule has 0 aliphatic carbocycles. The first kappa shape index (κ1) is 20.0. The molecule has 2 heterocycles. The molecule has 2 aromatic rings. The number of hydrogen-bond acceptors (Lipinski definition) is 4. The number of nitrogens with one attached hydrogen (secondary N) is 2. The Balaban J connectivity index is 1.71. The first-order valence-electron chi connectivity index (χ1n) is 8.33. The summed E-state index contributed by atoms with van der Waals surface area (Å²) in [6.07, 6.45) is -2.42. The molecule has 0 saturated heterocycles. The Morgan fingerprint density at radius 3 is 2.79 bits per heavy atom. The number of rotatable bonds is 4. The van der Waals surface area contributed by atoms with E-state index in [0.29, 0.717) is 23.4 Å². The second-order valence-electron chi connectivity index (χ2n) is 6.26. The van der Waals surface area contributed by atoms with Crippen molar-refractivity contribution in [3.63, 3.8) is 0 Å². The molecule has 11 heteroatoms. The van der Waals surface area contributed by atoms with E-state index < -0.39 is 30.2 Å². The summed E-state index contributed by atoms with van der Waals surface area (Å²) in [4.78, 5) is 26.1. The Morgan fingerprint density at radius 2 is 2.11 bits per heavy atom. The zero-order valence-corrected chi connectivity index (χ0v) is 15.4. The smallest absolute Gasteiger partial charge is 0.322 e. The summed E-state index contributed by atoms with van der Waals surface area (Å²) in [5, 5.41) is 8.26. The van der Waals surface area contributed by atoms with Gasteiger partial charge >= 0.3 is 6.03 Å². The molecule has 0 spiro atoms. The first-order chi connectivity index (χ1) is 13.3. The molecule has 0 fully saturated rings. The average molecular weight is 417 g/mol. The minimum Gasteiger partial charge on any atom is -0.360 e. The highest BCUT2D eigenvalue weighted by molar-refractivity contribution is 6.31. The van der Waals surface area contributed by atoms with E-state index in [1.165, 1.54) is 24.0 Å². The van der Waals surface area contributed by atoms with Crippen molar-refractivity contribution in [2.45, 2.75) is 32.4 Å². The van der Waals surface area contributed by atoms with Gasteiger partial charge in [-0.25, -0.2) is 18.0 Å². The van der Waals surface area contributed by atoms with Crippen LogP contribution in [0.5, 0.6) is 0 Å². The third-order valence-corrected chi connectivity index (χ3v) is 4.53. The number of amides is 3. The molecule has 0 bridgehead atoms. The topological polar surface area (TPSA) is 87.5 Å². The molecule has 7 nitrogen and oxygen atoms in total. The Kier molecular flexibility index (Phi) is 5.78. The van der Waals surface area contributed by atoms with Crippen LogP contribution in [0.3, 0.4) is 0 Å². The van der Waals surface area contributed by atoms with Gasteiger partial charge in [-0.1, -0.05) is 16.8 Å². The lowest BCUT2D eigenvalue weighted by Crippen LogP contribution is -2.41. The van der Waals surface area contributed by atoms with Crippen molar-refractivity contribution in [3.05, 3.63) is 46.1 Å². The van der Waals surface area contributed by atoms with Crippen molar-refractivity contribution in [3.8, 4) is 0 Å². The minimum atomic E-state index is -2.73. The molecule has 2 N–H and O–H groups in total. The Hall–Kier alpha value is -2.75. The van der Waals surface area contributed by atoms with Crippen LogP contribution in [0.15, 0.2) is 22.7 Å². The fourth-order valence-corrected chi connectivity index (χ4v) is 2.86. The molecule has 0 radical (unpaired) electrons. The molecule has 3 rings (SSSR count). The Labute approximate surface area is 162 Å². The molecule has 3 amide bonds. The van der Waals surface area contributed by atoms with E-state index in [1.807, 2.05) is 0 Å². The number of benzene rings is 1. The van der Waals surface area contributed by atoms with E-state index in [2.05, 4.69) is 15.8 Å². The predicted molar refractivity (Wildman–Crippen MR) is 94.0 cm³/mol. The molecule has 0 unspecified atom stereocenters. The summed E-state index contributed by atoms with van der Waals surface area (Å²) >= 11 is 5.70. The minimum absolute atomic E-state index is 0.00536. The molecule has 1 aliphatic rings. The SMILES string of the molecule is C[C@@H](NC(=O)c1noc2c1CN(C(=O)Nc1ccc(F)c(Cl)c1)CC2)C(F)F. The van der Waals surface area contributed by atoms with Crippen molar-refractivity contribution >= 4 is 29.2 Å². The second-order valence-corrected chi connectivity index (χ2v) is 6.67. The lowest BCUT2D eigenvalue weighted by atomic mass is 10.1. The average Bonchev–Trinajstić information content (AvgIpc) is 3.07. The zero-order valence-electron chi connectivity index (χ0n) is 14.6. The highest BCUT2D eigenvalue weighted by Gasteiger charge is 2.31. The van der Waals surface area contributed by atoms with Crippen molar-refractivity contribution in [2.75, 3.05) is 11.9 Å². The van der Waals surface area contributed by atoms with Gasteiger partial charge in [0.25, 0.3) is 12.3 Å². The van der Waals surface area contributed by atoms with Gasteiger partial charge in [0.2, 0.25) is 0 Å². The van der Waals surface area contributed by atoms with Crippen LogP contribution in [0.1, 0.15) is 28.7 Å². The van der Waals surface area contributed by atoms with E-state index in [0.717, 1.165) is 6.07 Å². The van der Waals surface area contributed by atoms with E-state index in [1.54, 1.807) is 0 Å². The highest BCUT2D eigenvalue weighted by atomic mass is 35.5. The van der Waals surface area contributed by atoms with Gasteiger partial charge in [-0.15, -0.1) is 0 Å². The van der Waals surface area contributed by atoms with Crippen molar-refractivity contribution in [1.82, 2.24) is 15.4 Å². The van der Waals surface area contributed by atoms with E-state index >= 15 is 0 Å². The lowest BCUT2D eigenvalue weighted by molar-refractivity contribution is 0.0771. The standard InChI is InChI=1S/C17H16ClF3N4O3/c1-8(15(20)21)22-16(26)14-10-7-25(5-4-13(10)28-24-14)17(27)23-9-2-3-12(19)11(18)6-9/h2-3,6,8,15H,4-5,7H2,1H3,(H,22,26)(H,23,27)/t8-/m1/s1. The van der Waals surface area contributed by atoms with Crippen LogP contribution in [0.2, 0.25) is 5.02 Å². The molecular formula is C17H16ClF3N4O3. The number of urea groups is 1. The summed E-state index contributed by atoms with van der Waals surface area (Å²) in [6.45, 7) is 1.46. The third kappa shape index (κ3) is 4.22. The van der Waals surface area contributed by atoms with Crippen LogP contribution >= 0.6 is 11.6 Å². The maximum Gasteiger partial charge on any atom is 0.322 e. The van der Waals surface area contributed by atoms with Gasteiger partial charge in [-0.2, -0.15) is 0 Å².